The Morgan fingerprint density at radius 1 is 1.16 bits per heavy atom. The molecule has 3 amide bonds. The minimum atomic E-state index is -3.06. The molecule has 4 aliphatic rings. The van der Waals surface area contributed by atoms with Crippen molar-refractivity contribution in [3.63, 3.8) is 0 Å². The smallest absolute Gasteiger partial charge is 0.269 e. The Morgan fingerprint density at radius 2 is 1.89 bits per heavy atom. The largest absolute Gasteiger partial charge is 0.432 e. The van der Waals surface area contributed by atoms with Gasteiger partial charge in [-0.15, -0.1) is 0 Å². The van der Waals surface area contributed by atoms with Crippen LogP contribution in [0.5, 0.6) is 0 Å². The zero-order chi connectivity index (χ0) is 31.6. The Kier molecular flexibility index (Phi) is 7.63. The standard InChI is InChI=1S/C31H38N4O8Si/c1-19-29(44(2,3)42)26(16-28(38)32-13-4-5-23(32)18-36)43-31(19)24-15-22(35(40)41)10-11-25(24)34(30(31)39)17-20-6-8-21(9-7-20)33-14-12-27(33)37/h6-11,15,19,23,26,29,36,42H,4-5,12-14,16-18H2,1-3H3/t19-,23+,26+,29-,31+/m1/s1. The average Bonchev–Trinajstić information content (AvgIpc) is 3.63. The molecule has 5 atom stereocenters. The van der Waals surface area contributed by atoms with Crippen molar-refractivity contribution in [2.24, 2.45) is 5.92 Å². The summed E-state index contributed by atoms with van der Waals surface area (Å²) in [7, 11) is -3.06. The topological polar surface area (TPSA) is 154 Å². The highest BCUT2D eigenvalue weighted by molar-refractivity contribution is 6.71. The molecule has 1 spiro atoms. The average molecular weight is 623 g/mol. The maximum absolute atomic E-state index is 14.6. The fourth-order valence-corrected chi connectivity index (χ4v) is 10.3. The number of aliphatic hydroxyl groups excluding tert-OH is 1. The van der Waals surface area contributed by atoms with Crippen LogP contribution in [0.1, 0.15) is 43.7 Å². The highest BCUT2D eigenvalue weighted by Crippen LogP contribution is 2.60. The Hall–Kier alpha value is -3.65. The molecule has 0 unspecified atom stereocenters. The maximum atomic E-state index is 14.6. The molecule has 3 fully saturated rings. The van der Waals surface area contributed by atoms with E-state index in [2.05, 4.69) is 0 Å². The lowest BCUT2D eigenvalue weighted by molar-refractivity contribution is -0.385. The molecule has 0 aliphatic carbocycles. The maximum Gasteiger partial charge on any atom is 0.269 e. The number of carbonyl (C=O) groups excluding carboxylic acids is 3. The molecule has 0 saturated carbocycles. The first-order chi connectivity index (χ1) is 20.9. The van der Waals surface area contributed by atoms with Gasteiger partial charge in [-0.1, -0.05) is 19.1 Å². The third-order valence-corrected chi connectivity index (χ3v) is 12.4. The van der Waals surface area contributed by atoms with Crippen LogP contribution in [0.15, 0.2) is 42.5 Å². The summed E-state index contributed by atoms with van der Waals surface area (Å²) in [6.07, 6.45) is 1.14. The molecule has 2 N–H and O–H groups in total. The summed E-state index contributed by atoms with van der Waals surface area (Å²) < 4.78 is 6.69. The van der Waals surface area contributed by atoms with E-state index in [9.17, 15) is 34.4 Å². The molecular formula is C31H38N4O8Si. The van der Waals surface area contributed by atoms with Gasteiger partial charge in [0, 0.05) is 54.4 Å². The van der Waals surface area contributed by atoms with Crippen molar-refractivity contribution in [2.45, 2.75) is 75.5 Å². The third kappa shape index (κ3) is 4.82. The van der Waals surface area contributed by atoms with Gasteiger partial charge >= 0.3 is 0 Å². The van der Waals surface area contributed by atoms with Crippen molar-refractivity contribution >= 4 is 43.1 Å². The lowest BCUT2D eigenvalue weighted by atomic mass is 9.82. The van der Waals surface area contributed by atoms with E-state index in [-0.39, 0.29) is 43.1 Å². The predicted molar refractivity (Wildman–Crippen MR) is 163 cm³/mol. The molecular weight excluding hydrogens is 584 g/mol. The Morgan fingerprint density at radius 3 is 2.48 bits per heavy atom. The zero-order valence-corrected chi connectivity index (χ0v) is 26.1. The number of non-ortho nitro benzene ring substituents is 1. The summed E-state index contributed by atoms with van der Waals surface area (Å²) in [6.45, 7) is 6.56. The number of nitro groups is 1. The first-order valence-corrected chi connectivity index (χ1v) is 18.2. The van der Waals surface area contributed by atoms with Crippen LogP contribution >= 0.6 is 0 Å². The van der Waals surface area contributed by atoms with Crippen molar-refractivity contribution in [1.29, 1.82) is 0 Å². The van der Waals surface area contributed by atoms with Gasteiger partial charge in [0.1, 0.15) is 0 Å². The normalized spacial score (nSPS) is 28.2. The number of nitro benzene ring substituents is 1. The van der Waals surface area contributed by atoms with Crippen LogP contribution in [0, 0.1) is 16.0 Å². The summed E-state index contributed by atoms with van der Waals surface area (Å²) in [6, 6.07) is 11.4. The number of anilines is 2. The summed E-state index contributed by atoms with van der Waals surface area (Å²) in [5, 5.41) is 21.6. The van der Waals surface area contributed by atoms with Crippen molar-refractivity contribution in [2.75, 3.05) is 29.5 Å². The van der Waals surface area contributed by atoms with Crippen LogP contribution in [-0.4, -0.2) is 77.6 Å². The van der Waals surface area contributed by atoms with Gasteiger partial charge in [-0.2, -0.15) is 0 Å². The number of nitrogens with zero attached hydrogens (tertiary/aromatic N) is 4. The lowest BCUT2D eigenvalue weighted by Gasteiger charge is -2.33. The number of likely N-dealkylation sites (tertiary alicyclic amines) is 1. The minimum Gasteiger partial charge on any atom is -0.432 e. The summed E-state index contributed by atoms with van der Waals surface area (Å²) in [4.78, 5) is 67.7. The van der Waals surface area contributed by atoms with Gasteiger partial charge in [0.05, 0.1) is 42.3 Å². The van der Waals surface area contributed by atoms with Gasteiger partial charge in [-0.25, -0.2) is 0 Å². The molecule has 3 saturated heterocycles. The molecule has 44 heavy (non-hydrogen) atoms. The van der Waals surface area contributed by atoms with Gasteiger partial charge in [-0.3, -0.25) is 24.5 Å². The zero-order valence-electron chi connectivity index (χ0n) is 25.1. The van der Waals surface area contributed by atoms with Crippen molar-refractivity contribution in [3.8, 4) is 0 Å². The number of β-lactam (4-membered cyclic amide) rings is 1. The van der Waals surface area contributed by atoms with Crippen molar-refractivity contribution in [1.82, 2.24) is 4.90 Å². The van der Waals surface area contributed by atoms with E-state index in [0.717, 1.165) is 17.7 Å². The van der Waals surface area contributed by atoms with E-state index in [1.54, 1.807) is 33.9 Å². The third-order valence-electron chi connectivity index (χ3n) is 9.90. The molecule has 6 rings (SSSR count). The van der Waals surface area contributed by atoms with E-state index >= 15 is 0 Å². The Bertz CT molecular complexity index is 1510. The number of ether oxygens (including phenoxy) is 1. The van der Waals surface area contributed by atoms with Crippen LogP contribution in [0.4, 0.5) is 17.1 Å². The molecule has 0 aromatic heterocycles. The Labute approximate surface area is 256 Å². The van der Waals surface area contributed by atoms with Crippen molar-refractivity contribution < 1.29 is 33.9 Å². The second-order valence-electron chi connectivity index (χ2n) is 12.9. The highest BCUT2D eigenvalue weighted by atomic mass is 28.4. The first kappa shape index (κ1) is 30.4. The van der Waals surface area contributed by atoms with Crippen LogP contribution in [0.3, 0.4) is 0 Å². The summed E-state index contributed by atoms with van der Waals surface area (Å²) >= 11 is 0. The summed E-state index contributed by atoms with van der Waals surface area (Å²) in [5.41, 5.74) is 0.0888. The molecule has 2 aromatic rings. The van der Waals surface area contributed by atoms with Gasteiger partial charge in [0.2, 0.25) is 11.8 Å². The Balaban J connectivity index is 1.37. The van der Waals surface area contributed by atoms with Crippen LogP contribution in [0.2, 0.25) is 18.6 Å². The van der Waals surface area contributed by atoms with E-state index in [1.165, 1.54) is 12.1 Å². The first-order valence-electron chi connectivity index (χ1n) is 15.2. The molecule has 12 nitrogen and oxygen atoms in total. The fourth-order valence-electron chi connectivity index (χ4n) is 7.73. The van der Waals surface area contributed by atoms with E-state index in [4.69, 9.17) is 4.74 Å². The molecule has 234 valence electrons. The SMILES string of the molecule is C[C@@H]1[C@@H]([Si](C)(C)O)[C@H](CC(=O)N2CCC[C@H]2CO)O[C@@]12C(=O)N(Cc1ccc(N3CCC3=O)cc1)c1ccc([N+](=O)[O-])cc12. The van der Waals surface area contributed by atoms with E-state index in [1.807, 2.05) is 31.2 Å². The highest BCUT2D eigenvalue weighted by Gasteiger charge is 2.66. The molecule has 0 bridgehead atoms. The number of amides is 3. The van der Waals surface area contributed by atoms with Crippen LogP contribution in [0.25, 0.3) is 0 Å². The number of hydrogen-bond acceptors (Lipinski definition) is 8. The lowest BCUT2D eigenvalue weighted by Crippen LogP contribution is -2.46. The molecule has 0 radical (unpaired) electrons. The number of hydrogen-bond donors (Lipinski definition) is 2. The van der Waals surface area contributed by atoms with Gasteiger partial charge in [-0.05, 0) is 49.7 Å². The van der Waals surface area contributed by atoms with E-state index < -0.39 is 42.3 Å². The van der Waals surface area contributed by atoms with Crippen molar-refractivity contribution in [3.05, 3.63) is 63.7 Å². The fraction of sp³-hybridized carbons (Fsp3) is 0.516. The van der Waals surface area contributed by atoms with Gasteiger partial charge < -0.3 is 29.3 Å². The number of carbonyl (C=O) groups is 3. The predicted octanol–water partition coefficient (Wildman–Crippen LogP) is 3.05. The monoisotopic (exact) mass is 622 g/mol. The number of fused-ring (bicyclic) bond motifs is 2. The minimum absolute atomic E-state index is 0.0619. The quantitative estimate of drug-likeness (QED) is 0.197. The molecule has 2 aromatic carbocycles. The summed E-state index contributed by atoms with van der Waals surface area (Å²) in [5.74, 6) is -1.12. The number of rotatable bonds is 8. The van der Waals surface area contributed by atoms with Gasteiger partial charge in [0.25, 0.3) is 11.6 Å². The van der Waals surface area contributed by atoms with E-state index in [0.29, 0.717) is 37.2 Å². The second-order valence-corrected chi connectivity index (χ2v) is 16.9. The van der Waals surface area contributed by atoms with Gasteiger partial charge in [0.15, 0.2) is 13.9 Å². The number of aliphatic hydroxyl groups is 1. The number of benzene rings is 2. The van der Waals surface area contributed by atoms with Crippen LogP contribution < -0.4 is 9.80 Å². The second kappa shape index (κ2) is 11.1. The molecule has 13 heteroatoms. The molecule has 4 heterocycles. The van der Waals surface area contributed by atoms with Crippen LogP contribution in [-0.2, 0) is 31.3 Å². The molecule has 4 aliphatic heterocycles.